The zero-order valence-electron chi connectivity index (χ0n) is 9.71. The van der Waals surface area contributed by atoms with E-state index in [4.69, 9.17) is 4.74 Å². The minimum Gasteiger partial charge on any atom is -0.392 e. The second kappa shape index (κ2) is 3.10. The van der Waals surface area contributed by atoms with Crippen molar-refractivity contribution >= 4 is 11.9 Å². The fourth-order valence-corrected chi connectivity index (χ4v) is 3.98. The molecule has 0 spiro atoms. The number of hydrogen-bond donors (Lipinski definition) is 0. The number of allylic oxidation sites excluding steroid dienone is 2. The number of benzene rings is 1. The molecule has 0 radical (unpaired) electrons. The highest BCUT2D eigenvalue weighted by molar-refractivity contribution is 6.04. The topological polar surface area (TPSA) is 43.4 Å². The van der Waals surface area contributed by atoms with E-state index in [-0.39, 0.29) is 29.7 Å². The van der Waals surface area contributed by atoms with Crippen LogP contribution in [-0.4, -0.2) is 11.9 Å². The summed E-state index contributed by atoms with van der Waals surface area (Å²) in [6.45, 7) is 0. The summed E-state index contributed by atoms with van der Waals surface area (Å²) in [5.41, 5.74) is 0.167. The highest BCUT2D eigenvalue weighted by atomic mass is 16.6. The number of carbonyl (C=O) groups is 2. The van der Waals surface area contributed by atoms with Crippen LogP contribution in [0.2, 0.25) is 0 Å². The molecule has 3 aliphatic rings. The fraction of sp³-hybridized carbons (Fsp3) is 0.333. The number of fused-ring (bicyclic) bond motifs is 5. The molecule has 4 rings (SSSR count). The van der Waals surface area contributed by atoms with Crippen molar-refractivity contribution in [3.8, 4) is 0 Å². The molecular formula is C15H12O3. The van der Waals surface area contributed by atoms with E-state index in [2.05, 4.69) is 12.2 Å². The summed E-state index contributed by atoms with van der Waals surface area (Å²) >= 11 is 0. The van der Waals surface area contributed by atoms with Crippen LogP contribution in [0.1, 0.15) is 12.0 Å². The molecule has 0 aromatic heterocycles. The first kappa shape index (κ1) is 10.1. The lowest BCUT2D eigenvalue weighted by molar-refractivity contribution is -0.155. The zero-order chi connectivity index (χ0) is 12.3. The largest absolute Gasteiger partial charge is 0.392 e. The molecule has 18 heavy (non-hydrogen) atoms. The second-order valence-corrected chi connectivity index (χ2v) is 5.31. The minimum absolute atomic E-state index is 0.105. The Kier molecular flexibility index (Phi) is 1.74. The normalized spacial score (nSPS) is 40.1. The zero-order valence-corrected chi connectivity index (χ0v) is 9.71. The SMILES string of the molecule is O=C1OC(=O)[C@]2(c3ccccc3)[C@H]1[C@@H]1C=C[C@H]2C1. The van der Waals surface area contributed by atoms with Gasteiger partial charge in [-0.15, -0.1) is 0 Å². The van der Waals surface area contributed by atoms with E-state index in [9.17, 15) is 9.59 Å². The number of hydrogen-bond acceptors (Lipinski definition) is 3. The van der Waals surface area contributed by atoms with E-state index in [1.165, 1.54) is 0 Å². The molecule has 2 bridgehead atoms. The van der Waals surface area contributed by atoms with Crippen LogP contribution < -0.4 is 0 Å². The van der Waals surface area contributed by atoms with E-state index in [0.29, 0.717) is 0 Å². The molecule has 1 saturated carbocycles. The monoisotopic (exact) mass is 240 g/mol. The van der Waals surface area contributed by atoms with Gasteiger partial charge in [-0.3, -0.25) is 9.59 Å². The highest BCUT2D eigenvalue weighted by Crippen LogP contribution is 2.60. The molecule has 90 valence electrons. The maximum absolute atomic E-state index is 12.3. The Hall–Kier alpha value is -1.90. The Morgan fingerprint density at radius 2 is 1.89 bits per heavy atom. The van der Waals surface area contributed by atoms with E-state index in [0.717, 1.165) is 12.0 Å². The molecule has 0 amide bonds. The summed E-state index contributed by atoms with van der Waals surface area (Å²) in [6, 6.07) is 9.60. The van der Waals surface area contributed by atoms with Crippen LogP contribution in [0, 0.1) is 17.8 Å². The van der Waals surface area contributed by atoms with Crippen molar-refractivity contribution in [1.82, 2.24) is 0 Å². The summed E-state index contributed by atoms with van der Waals surface area (Å²) in [5.74, 6) is -0.758. The van der Waals surface area contributed by atoms with Gasteiger partial charge in [0.1, 0.15) is 5.41 Å². The average Bonchev–Trinajstić information content (AvgIpc) is 3.03. The van der Waals surface area contributed by atoms with Gasteiger partial charge in [-0.2, -0.15) is 0 Å². The molecule has 2 fully saturated rings. The Bertz CT molecular complexity index is 575. The third-order valence-electron chi connectivity index (χ3n) is 4.66. The van der Waals surface area contributed by atoms with Gasteiger partial charge >= 0.3 is 11.9 Å². The van der Waals surface area contributed by atoms with Gasteiger partial charge in [0.25, 0.3) is 0 Å². The van der Waals surface area contributed by atoms with E-state index >= 15 is 0 Å². The predicted molar refractivity (Wildman–Crippen MR) is 63.4 cm³/mol. The van der Waals surface area contributed by atoms with Gasteiger partial charge in [0.05, 0.1) is 5.92 Å². The first-order valence-electron chi connectivity index (χ1n) is 6.24. The molecule has 3 nitrogen and oxygen atoms in total. The summed E-state index contributed by atoms with van der Waals surface area (Å²) in [6.07, 6.45) is 5.03. The van der Waals surface area contributed by atoms with Gasteiger partial charge < -0.3 is 4.74 Å². The first-order valence-corrected chi connectivity index (χ1v) is 6.24. The predicted octanol–water partition coefficient (Wildman–Crippen LogP) is 1.83. The van der Waals surface area contributed by atoms with E-state index in [1.54, 1.807) is 0 Å². The molecule has 1 aliphatic heterocycles. The Balaban J connectivity index is 1.98. The lowest BCUT2D eigenvalue weighted by Crippen LogP contribution is -2.42. The summed E-state index contributed by atoms with van der Waals surface area (Å²) in [7, 11) is 0. The van der Waals surface area contributed by atoms with Crippen LogP contribution in [0.3, 0.4) is 0 Å². The molecule has 4 atom stereocenters. The minimum atomic E-state index is -0.752. The number of esters is 2. The van der Waals surface area contributed by atoms with Crippen molar-refractivity contribution in [2.75, 3.05) is 0 Å². The molecule has 0 N–H and O–H groups in total. The Morgan fingerprint density at radius 1 is 1.11 bits per heavy atom. The standard InChI is InChI=1S/C15H12O3/c16-13-12-9-6-7-11(8-9)15(12,14(17)18-13)10-4-2-1-3-5-10/h1-7,9,11-12H,8H2/t9-,11+,12+,15+/m1/s1. The van der Waals surface area contributed by atoms with Gasteiger partial charge in [-0.05, 0) is 23.8 Å². The van der Waals surface area contributed by atoms with Crippen LogP contribution in [0.5, 0.6) is 0 Å². The Morgan fingerprint density at radius 3 is 2.67 bits per heavy atom. The number of ether oxygens (including phenoxy) is 1. The van der Waals surface area contributed by atoms with Crippen LogP contribution in [0.15, 0.2) is 42.5 Å². The van der Waals surface area contributed by atoms with Crippen molar-refractivity contribution < 1.29 is 14.3 Å². The van der Waals surface area contributed by atoms with Crippen molar-refractivity contribution in [3.63, 3.8) is 0 Å². The van der Waals surface area contributed by atoms with E-state index in [1.807, 2.05) is 30.3 Å². The molecular weight excluding hydrogens is 228 g/mol. The van der Waals surface area contributed by atoms with Crippen molar-refractivity contribution in [2.24, 2.45) is 17.8 Å². The fourth-order valence-electron chi connectivity index (χ4n) is 3.98. The van der Waals surface area contributed by atoms with Gasteiger partial charge in [-0.1, -0.05) is 42.5 Å². The summed E-state index contributed by atoms with van der Waals surface area (Å²) in [4.78, 5) is 24.3. The summed E-state index contributed by atoms with van der Waals surface area (Å²) in [5, 5.41) is 0. The average molecular weight is 240 g/mol. The first-order chi connectivity index (χ1) is 8.74. The Labute approximate surface area is 104 Å². The molecule has 1 aromatic carbocycles. The van der Waals surface area contributed by atoms with Gasteiger partial charge in [-0.25, -0.2) is 0 Å². The maximum atomic E-state index is 12.3. The van der Waals surface area contributed by atoms with E-state index < -0.39 is 5.41 Å². The number of rotatable bonds is 1. The number of cyclic esters (lactones) is 2. The third-order valence-corrected chi connectivity index (χ3v) is 4.66. The van der Waals surface area contributed by atoms with Crippen LogP contribution in [0.4, 0.5) is 0 Å². The van der Waals surface area contributed by atoms with Crippen LogP contribution in [-0.2, 0) is 19.7 Å². The molecule has 3 heteroatoms. The van der Waals surface area contributed by atoms with Crippen LogP contribution in [0.25, 0.3) is 0 Å². The van der Waals surface area contributed by atoms with Crippen molar-refractivity contribution in [2.45, 2.75) is 11.8 Å². The van der Waals surface area contributed by atoms with Crippen LogP contribution >= 0.6 is 0 Å². The molecule has 1 heterocycles. The molecule has 2 aliphatic carbocycles. The summed E-state index contributed by atoms with van der Waals surface area (Å²) < 4.78 is 4.95. The maximum Gasteiger partial charge on any atom is 0.325 e. The smallest absolute Gasteiger partial charge is 0.325 e. The molecule has 1 saturated heterocycles. The lowest BCUT2D eigenvalue weighted by atomic mass is 9.65. The third kappa shape index (κ3) is 0.927. The lowest BCUT2D eigenvalue weighted by Gasteiger charge is -2.31. The molecule has 1 aromatic rings. The second-order valence-electron chi connectivity index (χ2n) is 5.31. The quantitative estimate of drug-likeness (QED) is 0.427. The molecule has 0 unspecified atom stereocenters. The van der Waals surface area contributed by atoms with Crippen molar-refractivity contribution in [1.29, 1.82) is 0 Å². The van der Waals surface area contributed by atoms with Gasteiger partial charge in [0, 0.05) is 0 Å². The van der Waals surface area contributed by atoms with Gasteiger partial charge in [0.15, 0.2) is 0 Å². The van der Waals surface area contributed by atoms with Gasteiger partial charge in [0.2, 0.25) is 0 Å². The van der Waals surface area contributed by atoms with Crippen molar-refractivity contribution in [3.05, 3.63) is 48.0 Å². The highest BCUT2D eigenvalue weighted by Gasteiger charge is 2.69. The number of carbonyl (C=O) groups excluding carboxylic acids is 2.